The molecule has 0 spiro atoms. The number of nitro benzene ring substituents is 1. The van der Waals surface area contributed by atoms with Crippen LogP contribution in [0.3, 0.4) is 0 Å². The summed E-state index contributed by atoms with van der Waals surface area (Å²) in [4.78, 5) is 25.0. The van der Waals surface area contributed by atoms with E-state index in [1.54, 1.807) is 4.90 Å². The average Bonchev–Trinajstić information content (AvgIpc) is 2.68. The van der Waals surface area contributed by atoms with E-state index in [0.717, 1.165) is 19.3 Å². The van der Waals surface area contributed by atoms with Gasteiger partial charge in [-0.25, -0.2) is 8.42 Å². The Balaban J connectivity index is 1.83. The van der Waals surface area contributed by atoms with E-state index in [2.05, 4.69) is 6.92 Å². The van der Waals surface area contributed by atoms with Crippen LogP contribution in [-0.4, -0.2) is 54.1 Å². The van der Waals surface area contributed by atoms with E-state index >= 15 is 0 Å². The number of sulfonamides is 1. The van der Waals surface area contributed by atoms with E-state index in [1.807, 2.05) is 0 Å². The van der Waals surface area contributed by atoms with Crippen molar-refractivity contribution >= 4 is 21.6 Å². The van der Waals surface area contributed by atoms with Crippen molar-refractivity contribution < 1.29 is 18.1 Å². The quantitative estimate of drug-likeness (QED) is 0.575. The molecule has 2 saturated heterocycles. The van der Waals surface area contributed by atoms with Crippen molar-refractivity contribution in [2.75, 3.05) is 19.6 Å². The molecule has 2 aliphatic rings. The molecule has 2 heterocycles. The fourth-order valence-corrected chi connectivity index (χ4v) is 5.41. The monoisotopic (exact) mass is 395 g/mol. The fourth-order valence-electron chi connectivity index (χ4n) is 3.75. The van der Waals surface area contributed by atoms with Crippen LogP contribution in [0.25, 0.3) is 0 Å². The third kappa shape index (κ3) is 4.14. The van der Waals surface area contributed by atoms with Crippen molar-refractivity contribution in [3.05, 3.63) is 34.4 Å². The first kappa shape index (κ1) is 19.8. The molecule has 1 aromatic carbocycles. The highest BCUT2D eigenvalue weighted by Gasteiger charge is 2.40. The first-order valence-corrected chi connectivity index (χ1v) is 10.8. The molecule has 0 bridgehead atoms. The van der Waals surface area contributed by atoms with Crippen LogP contribution in [-0.2, 0) is 14.8 Å². The Morgan fingerprint density at radius 2 is 1.70 bits per heavy atom. The minimum atomic E-state index is -3.88. The number of non-ortho nitro benzene ring substituents is 1. The van der Waals surface area contributed by atoms with E-state index in [1.165, 1.54) is 28.6 Å². The number of amides is 1. The molecule has 8 nitrogen and oxygen atoms in total. The highest BCUT2D eigenvalue weighted by Crippen LogP contribution is 2.28. The molecule has 0 aromatic heterocycles. The molecule has 0 aliphatic carbocycles. The first-order valence-electron chi connectivity index (χ1n) is 9.36. The Kier molecular flexibility index (Phi) is 5.81. The van der Waals surface area contributed by atoms with Crippen LogP contribution in [0.4, 0.5) is 5.69 Å². The van der Waals surface area contributed by atoms with E-state index in [9.17, 15) is 23.3 Å². The lowest BCUT2D eigenvalue weighted by Gasteiger charge is -2.38. The van der Waals surface area contributed by atoms with Gasteiger partial charge in [0.15, 0.2) is 0 Å². The normalized spacial score (nSPS) is 22.6. The molecule has 9 heteroatoms. The Labute approximate surface area is 159 Å². The summed E-state index contributed by atoms with van der Waals surface area (Å²) in [6.45, 7) is 3.79. The summed E-state index contributed by atoms with van der Waals surface area (Å²) < 4.78 is 27.5. The summed E-state index contributed by atoms with van der Waals surface area (Å²) in [6.07, 6.45) is 3.90. The van der Waals surface area contributed by atoms with Crippen molar-refractivity contribution in [3.63, 3.8) is 0 Å². The van der Waals surface area contributed by atoms with Crippen LogP contribution >= 0.6 is 0 Å². The molecule has 1 unspecified atom stereocenters. The highest BCUT2D eigenvalue weighted by molar-refractivity contribution is 7.89. The molecule has 1 aromatic rings. The summed E-state index contributed by atoms with van der Waals surface area (Å²) in [6, 6.07) is 4.16. The van der Waals surface area contributed by atoms with Crippen molar-refractivity contribution in [1.29, 1.82) is 0 Å². The summed E-state index contributed by atoms with van der Waals surface area (Å²) in [7, 11) is -3.88. The van der Waals surface area contributed by atoms with Crippen LogP contribution in [0.15, 0.2) is 29.2 Å². The maximum atomic E-state index is 13.1. The lowest BCUT2D eigenvalue weighted by atomic mass is 9.97. The minimum absolute atomic E-state index is 0.0138. The number of hydrogen-bond donors (Lipinski definition) is 0. The smallest absolute Gasteiger partial charge is 0.269 e. The number of nitro groups is 1. The number of benzene rings is 1. The van der Waals surface area contributed by atoms with E-state index in [0.29, 0.717) is 38.4 Å². The predicted octanol–water partition coefficient (Wildman–Crippen LogP) is 2.40. The van der Waals surface area contributed by atoms with Gasteiger partial charge in [0.05, 0.1) is 9.82 Å². The second-order valence-electron chi connectivity index (χ2n) is 7.39. The summed E-state index contributed by atoms with van der Waals surface area (Å²) >= 11 is 0. The maximum absolute atomic E-state index is 13.1. The number of likely N-dealkylation sites (tertiary alicyclic amines) is 1. The molecule has 0 saturated carbocycles. The molecule has 1 amide bonds. The molecule has 0 radical (unpaired) electrons. The molecule has 27 heavy (non-hydrogen) atoms. The number of piperidine rings is 2. The van der Waals surface area contributed by atoms with E-state index in [4.69, 9.17) is 0 Å². The number of hydrogen-bond acceptors (Lipinski definition) is 5. The van der Waals surface area contributed by atoms with Crippen LogP contribution in [0, 0.1) is 16.0 Å². The largest absolute Gasteiger partial charge is 0.341 e. The molecule has 148 valence electrons. The predicted molar refractivity (Wildman–Crippen MR) is 99.6 cm³/mol. The van der Waals surface area contributed by atoms with Gasteiger partial charge in [0.2, 0.25) is 15.9 Å². The molecular formula is C18H25N3O5S. The van der Waals surface area contributed by atoms with Gasteiger partial charge in [-0.2, -0.15) is 4.31 Å². The van der Waals surface area contributed by atoms with Gasteiger partial charge < -0.3 is 4.90 Å². The highest BCUT2D eigenvalue weighted by atomic mass is 32.2. The van der Waals surface area contributed by atoms with Crippen LogP contribution < -0.4 is 0 Å². The average molecular weight is 395 g/mol. The third-order valence-electron chi connectivity index (χ3n) is 5.49. The lowest BCUT2D eigenvalue weighted by molar-refractivity contribution is -0.384. The van der Waals surface area contributed by atoms with Crippen LogP contribution in [0.5, 0.6) is 0 Å². The zero-order chi connectivity index (χ0) is 19.6. The van der Waals surface area contributed by atoms with Crippen molar-refractivity contribution in [3.8, 4) is 0 Å². The van der Waals surface area contributed by atoms with Gasteiger partial charge in [0.1, 0.15) is 6.04 Å². The van der Waals surface area contributed by atoms with Crippen molar-refractivity contribution in [2.24, 2.45) is 5.92 Å². The fraction of sp³-hybridized carbons (Fsp3) is 0.611. The summed E-state index contributed by atoms with van der Waals surface area (Å²) in [5.74, 6) is 0.465. The van der Waals surface area contributed by atoms with Gasteiger partial charge in [-0.05, 0) is 43.7 Å². The van der Waals surface area contributed by atoms with Crippen molar-refractivity contribution in [1.82, 2.24) is 9.21 Å². The van der Waals surface area contributed by atoms with Gasteiger partial charge in [0, 0.05) is 31.8 Å². The zero-order valence-electron chi connectivity index (χ0n) is 15.4. The Morgan fingerprint density at radius 3 is 2.30 bits per heavy atom. The number of carbonyl (C=O) groups is 1. The number of carbonyl (C=O) groups excluding carboxylic acids is 1. The SMILES string of the molecule is CC1CCN(C(=O)C2CCCCN2S(=O)(=O)c2ccc([N+](=O)[O-])cc2)CC1. The zero-order valence-corrected chi connectivity index (χ0v) is 16.2. The molecule has 2 aliphatic heterocycles. The topological polar surface area (TPSA) is 101 Å². The standard InChI is InChI=1S/C18H25N3O5S/c1-14-9-12-19(13-10-14)18(22)17-4-2-3-11-20(17)27(25,26)16-7-5-15(6-8-16)21(23)24/h5-8,14,17H,2-4,9-13H2,1H3. The second kappa shape index (κ2) is 7.93. The first-order chi connectivity index (χ1) is 12.8. The molecule has 2 fully saturated rings. The number of nitrogens with zero attached hydrogens (tertiary/aromatic N) is 3. The molecule has 1 atom stereocenters. The summed E-state index contributed by atoms with van der Waals surface area (Å²) in [5.41, 5.74) is -0.164. The maximum Gasteiger partial charge on any atom is 0.269 e. The minimum Gasteiger partial charge on any atom is -0.341 e. The van der Waals surface area contributed by atoms with E-state index in [-0.39, 0.29) is 16.5 Å². The second-order valence-corrected chi connectivity index (χ2v) is 9.28. The van der Waals surface area contributed by atoms with Gasteiger partial charge in [-0.1, -0.05) is 13.3 Å². The van der Waals surface area contributed by atoms with E-state index < -0.39 is 21.0 Å². The third-order valence-corrected chi connectivity index (χ3v) is 7.41. The summed E-state index contributed by atoms with van der Waals surface area (Å²) in [5, 5.41) is 10.8. The molecule has 0 N–H and O–H groups in total. The molecule has 3 rings (SSSR count). The Bertz CT molecular complexity index is 801. The Morgan fingerprint density at radius 1 is 1.07 bits per heavy atom. The van der Waals surface area contributed by atoms with Crippen LogP contribution in [0.2, 0.25) is 0 Å². The lowest BCUT2D eigenvalue weighted by Crippen LogP contribution is -2.54. The van der Waals surface area contributed by atoms with Crippen molar-refractivity contribution in [2.45, 2.75) is 50.0 Å². The number of rotatable bonds is 4. The van der Waals surface area contributed by atoms with Gasteiger partial charge >= 0.3 is 0 Å². The Hall–Kier alpha value is -2.00. The van der Waals surface area contributed by atoms with Gasteiger partial charge in [-0.3, -0.25) is 14.9 Å². The van der Waals surface area contributed by atoms with Crippen LogP contribution in [0.1, 0.15) is 39.0 Å². The molecular weight excluding hydrogens is 370 g/mol. The van der Waals surface area contributed by atoms with Gasteiger partial charge in [0.25, 0.3) is 5.69 Å². The van der Waals surface area contributed by atoms with Gasteiger partial charge in [-0.15, -0.1) is 0 Å².